The number of aromatic amines is 1. The predicted octanol–water partition coefficient (Wildman–Crippen LogP) is 3.15. The lowest BCUT2D eigenvalue weighted by molar-refractivity contribution is 0.696. The highest BCUT2D eigenvalue weighted by molar-refractivity contribution is 7.99. The summed E-state index contributed by atoms with van der Waals surface area (Å²) in [4.78, 5) is 7.65. The fourth-order valence-corrected chi connectivity index (χ4v) is 2.22. The first-order valence-electron chi connectivity index (χ1n) is 5.19. The summed E-state index contributed by atoms with van der Waals surface area (Å²) in [5, 5.41) is 0.536. The lowest BCUT2D eigenvalue weighted by Gasteiger charge is -2.09. The highest BCUT2D eigenvalue weighted by Gasteiger charge is 2.08. The number of hydrogen-bond acceptors (Lipinski definition) is 3. The number of aryl methyl sites for hydroxylation is 1. The van der Waals surface area contributed by atoms with Gasteiger partial charge in [0.1, 0.15) is 0 Å². The summed E-state index contributed by atoms with van der Waals surface area (Å²) in [6.07, 6.45) is 3.99. The van der Waals surface area contributed by atoms with E-state index in [2.05, 4.69) is 33.8 Å². The zero-order valence-electron chi connectivity index (χ0n) is 9.65. The second-order valence-electron chi connectivity index (χ2n) is 3.97. The van der Waals surface area contributed by atoms with Gasteiger partial charge in [-0.25, -0.2) is 4.98 Å². The van der Waals surface area contributed by atoms with Crippen LogP contribution in [-0.2, 0) is 6.54 Å². The fraction of sp³-hybridized carbons (Fsp3) is 0.455. The van der Waals surface area contributed by atoms with Gasteiger partial charge in [0.15, 0.2) is 10.4 Å². The number of rotatable bonds is 3. The molecule has 16 heavy (non-hydrogen) atoms. The zero-order chi connectivity index (χ0) is 11.7. The van der Waals surface area contributed by atoms with Crippen LogP contribution in [0.3, 0.4) is 0 Å². The molecule has 0 saturated carbocycles. The molecular formula is C11H15N3S2. The number of H-pyrrole nitrogens is 1. The van der Waals surface area contributed by atoms with Crippen molar-refractivity contribution < 1.29 is 0 Å². The number of fused-ring (bicyclic) bond motifs is 1. The van der Waals surface area contributed by atoms with Crippen molar-refractivity contribution in [3.8, 4) is 0 Å². The van der Waals surface area contributed by atoms with Crippen molar-refractivity contribution in [2.75, 3.05) is 6.26 Å². The molecule has 0 amide bonds. The number of thioether (sulfide) groups is 1. The first-order valence-corrected chi connectivity index (χ1v) is 6.89. The third kappa shape index (κ3) is 2.15. The molecule has 3 nitrogen and oxygen atoms in total. The maximum atomic E-state index is 5.32. The van der Waals surface area contributed by atoms with Crippen LogP contribution in [0.1, 0.15) is 12.5 Å². The topological polar surface area (TPSA) is 33.6 Å². The van der Waals surface area contributed by atoms with Crippen LogP contribution in [0.4, 0.5) is 0 Å². The molecule has 2 heterocycles. The molecule has 1 unspecified atom stereocenters. The standard InChI is InChI=1S/C11H15N3S2/c1-7-4-9-10(12-5-7)14(11(15)13-9)6-8(2)16-3/h4-5,8H,6H2,1-3H3,(H,13,15). The van der Waals surface area contributed by atoms with Crippen LogP contribution >= 0.6 is 24.0 Å². The number of aromatic nitrogens is 3. The van der Waals surface area contributed by atoms with Crippen LogP contribution in [-0.4, -0.2) is 26.0 Å². The average Bonchev–Trinajstić information content (AvgIpc) is 2.54. The predicted molar refractivity (Wildman–Crippen MR) is 72.6 cm³/mol. The van der Waals surface area contributed by atoms with Crippen molar-refractivity contribution in [2.45, 2.75) is 25.6 Å². The van der Waals surface area contributed by atoms with Gasteiger partial charge < -0.3 is 9.55 Å². The van der Waals surface area contributed by atoms with E-state index in [0.29, 0.717) is 5.25 Å². The molecule has 1 atom stereocenters. The molecule has 2 aromatic heterocycles. The molecule has 0 saturated heterocycles. The summed E-state index contributed by atoms with van der Waals surface area (Å²) in [5.74, 6) is 0. The lowest BCUT2D eigenvalue weighted by Crippen LogP contribution is -2.09. The smallest absolute Gasteiger partial charge is 0.179 e. The van der Waals surface area contributed by atoms with E-state index in [0.717, 1.165) is 28.0 Å². The number of nitrogens with zero attached hydrogens (tertiary/aromatic N) is 2. The van der Waals surface area contributed by atoms with Crippen molar-refractivity contribution in [1.82, 2.24) is 14.5 Å². The van der Waals surface area contributed by atoms with E-state index >= 15 is 0 Å². The van der Waals surface area contributed by atoms with Gasteiger partial charge in [-0.05, 0) is 37.0 Å². The third-order valence-electron chi connectivity index (χ3n) is 2.59. The van der Waals surface area contributed by atoms with E-state index < -0.39 is 0 Å². The average molecular weight is 253 g/mol. The van der Waals surface area contributed by atoms with E-state index in [1.165, 1.54) is 0 Å². The van der Waals surface area contributed by atoms with Gasteiger partial charge in [0.25, 0.3) is 0 Å². The maximum Gasteiger partial charge on any atom is 0.179 e. The summed E-state index contributed by atoms with van der Waals surface area (Å²) in [6, 6.07) is 2.08. The van der Waals surface area contributed by atoms with Crippen LogP contribution in [0.2, 0.25) is 0 Å². The minimum absolute atomic E-state index is 0.536. The van der Waals surface area contributed by atoms with E-state index in [1.54, 1.807) is 0 Å². The molecule has 1 N–H and O–H groups in total. The van der Waals surface area contributed by atoms with Crippen molar-refractivity contribution in [2.24, 2.45) is 0 Å². The van der Waals surface area contributed by atoms with Crippen LogP contribution in [0, 0.1) is 11.7 Å². The molecule has 0 radical (unpaired) electrons. The molecule has 0 aliphatic rings. The summed E-state index contributed by atoms with van der Waals surface area (Å²) in [5.41, 5.74) is 3.13. The molecule has 86 valence electrons. The highest BCUT2D eigenvalue weighted by atomic mass is 32.2. The Kier molecular flexibility index (Phi) is 3.35. The van der Waals surface area contributed by atoms with E-state index in [9.17, 15) is 0 Å². The van der Waals surface area contributed by atoms with E-state index in [4.69, 9.17) is 12.2 Å². The Bertz CT molecular complexity index is 556. The largest absolute Gasteiger partial charge is 0.329 e. The quantitative estimate of drug-likeness (QED) is 0.853. The number of hydrogen-bond donors (Lipinski definition) is 1. The van der Waals surface area contributed by atoms with E-state index in [-0.39, 0.29) is 0 Å². The molecule has 5 heteroatoms. The van der Waals surface area contributed by atoms with E-state index in [1.807, 2.05) is 24.9 Å². The highest BCUT2D eigenvalue weighted by Crippen LogP contribution is 2.16. The summed E-state index contributed by atoms with van der Waals surface area (Å²) in [7, 11) is 0. The SMILES string of the molecule is CSC(C)Cn1c(=S)[nH]c2cc(C)cnc21. The molecule has 0 aromatic carbocycles. The number of imidazole rings is 1. The Morgan fingerprint density at radius 1 is 1.62 bits per heavy atom. The van der Waals surface area contributed by atoms with Gasteiger partial charge in [0.2, 0.25) is 0 Å². The summed E-state index contributed by atoms with van der Waals surface area (Å²) in [6.45, 7) is 5.13. The van der Waals surface area contributed by atoms with Crippen LogP contribution in [0.15, 0.2) is 12.3 Å². The van der Waals surface area contributed by atoms with Gasteiger partial charge in [-0.1, -0.05) is 6.92 Å². The Balaban J connectivity index is 2.52. The Morgan fingerprint density at radius 2 is 2.38 bits per heavy atom. The fourth-order valence-electron chi connectivity index (χ4n) is 1.65. The monoisotopic (exact) mass is 253 g/mol. The molecule has 0 aliphatic heterocycles. The lowest BCUT2D eigenvalue weighted by atomic mass is 10.3. The van der Waals surface area contributed by atoms with Crippen molar-refractivity contribution in [1.29, 1.82) is 0 Å². The Labute approximate surface area is 104 Å². The second kappa shape index (κ2) is 4.59. The molecule has 0 fully saturated rings. The molecule has 2 aromatic rings. The molecule has 0 spiro atoms. The normalized spacial score (nSPS) is 13.2. The minimum Gasteiger partial charge on any atom is -0.329 e. The Hall–Kier alpha value is -0.810. The molecule has 0 aliphatic carbocycles. The Morgan fingerprint density at radius 3 is 3.06 bits per heavy atom. The van der Waals surface area contributed by atoms with Gasteiger partial charge >= 0.3 is 0 Å². The van der Waals surface area contributed by atoms with Crippen LogP contribution in [0.25, 0.3) is 11.2 Å². The summed E-state index contributed by atoms with van der Waals surface area (Å²) >= 11 is 7.16. The molecule has 0 bridgehead atoms. The van der Waals surface area contributed by atoms with Gasteiger partial charge in [-0.15, -0.1) is 0 Å². The van der Waals surface area contributed by atoms with Gasteiger partial charge in [0.05, 0.1) is 5.52 Å². The number of nitrogens with one attached hydrogen (secondary N) is 1. The first kappa shape index (κ1) is 11.7. The van der Waals surface area contributed by atoms with Crippen molar-refractivity contribution in [3.63, 3.8) is 0 Å². The maximum absolute atomic E-state index is 5.32. The van der Waals surface area contributed by atoms with Crippen molar-refractivity contribution >= 4 is 35.1 Å². The van der Waals surface area contributed by atoms with Crippen molar-refractivity contribution in [3.05, 3.63) is 22.6 Å². The van der Waals surface area contributed by atoms with Crippen LogP contribution < -0.4 is 0 Å². The third-order valence-corrected chi connectivity index (χ3v) is 3.86. The van der Waals surface area contributed by atoms with Gasteiger partial charge in [-0.3, -0.25) is 0 Å². The summed E-state index contributed by atoms with van der Waals surface area (Å²) < 4.78 is 2.83. The molecular weight excluding hydrogens is 238 g/mol. The first-order chi connectivity index (χ1) is 7.61. The van der Waals surface area contributed by atoms with Gasteiger partial charge in [0, 0.05) is 18.0 Å². The second-order valence-corrected chi connectivity index (χ2v) is 5.63. The van der Waals surface area contributed by atoms with Crippen LogP contribution in [0.5, 0.6) is 0 Å². The zero-order valence-corrected chi connectivity index (χ0v) is 11.3. The van der Waals surface area contributed by atoms with Gasteiger partial charge in [-0.2, -0.15) is 11.8 Å². The molecule has 2 rings (SSSR count). The number of pyridine rings is 1. The minimum atomic E-state index is 0.536.